The van der Waals surface area contributed by atoms with Gasteiger partial charge in [0.25, 0.3) is 5.91 Å². The number of carbonyl (C=O) groups excluding carboxylic acids is 3. The quantitative estimate of drug-likeness (QED) is 0.663. The van der Waals surface area contributed by atoms with E-state index in [0.717, 1.165) is 0 Å². The molecule has 0 unspecified atom stereocenters. The first-order valence-corrected chi connectivity index (χ1v) is 9.56. The highest BCUT2D eigenvalue weighted by atomic mass is 16.5. The maximum atomic E-state index is 11.9. The van der Waals surface area contributed by atoms with Crippen LogP contribution in [0.1, 0.15) is 43.1 Å². The van der Waals surface area contributed by atoms with Gasteiger partial charge in [0.15, 0.2) is 6.61 Å². The number of methoxy groups -OCH3 is 1. The fourth-order valence-corrected chi connectivity index (χ4v) is 2.53. The molecule has 0 bridgehead atoms. The number of rotatable bonds is 8. The minimum Gasteiger partial charge on any atom is -0.493 e. The van der Waals surface area contributed by atoms with Crippen LogP contribution in [0.5, 0.6) is 5.75 Å². The molecule has 0 heterocycles. The topological polar surface area (TPSA) is 90.9 Å². The van der Waals surface area contributed by atoms with Crippen molar-refractivity contribution in [1.82, 2.24) is 0 Å². The van der Waals surface area contributed by atoms with E-state index in [0.29, 0.717) is 17.0 Å². The third-order valence-corrected chi connectivity index (χ3v) is 4.25. The molecule has 2 rings (SSSR count). The molecule has 2 aromatic carbocycles. The molecule has 0 fully saturated rings. The van der Waals surface area contributed by atoms with Crippen molar-refractivity contribution in [3.05, 3.63) is 59.7 Å². The average molecular weight is 413 g/mol. The summed E-state index contributed by atoms with van der Waals surface area (Å²) in [5.74, 6) is -0.802. The van der Waals surface area contributed by atoms with Gasteiger partial charge in [0.1, 0.15) is 5.75 Å². The first kappa shape index (κ1) is 22.9. The molecule has 0 aliphatic carbocycles. The Kier molecular flexibility index (Phi) is 7.98. The number of benzene rings is 2. The number of hydrogen-bond donors (Lipinski definition) is 1. The number of anilines is 1. The Labute approximate surface area is 176 Å². The minimum atomic E-state index is -0.530. The van der Waals surface area contributed by atoms with E-state index in [9.17, 15) is 14.4 Å². The lowest BCUT2D eigenvalue weighted by Gasteiger charge is -2.19. The van der Waals surface area contributed by atoms with E-state index in [1.807, 2.05) is 24.3 Å². The second-order valence-electron chi connectivity index (χ2n) is 7.65. The van der Waals surface area contributed by atoms with E-state index in [2.05, 4.69) is 30.8 Å². The van der Waals surface area contributed by atoms with E-state index in [1.54, 1.807) is 12.1 Å². The number of ether oxygens (including phenoxy) is 3. The van der Waals surface area contributed by atoms with E-state index in [-0.39, 0.29) is 18.4 Å². The molecule has 0 saturated heterocycles. The van der Waals surface area contributed by atoms with E-state index in [4.69, 9.17) is 9.47 Å². The monoisotopic (exact) mass is 413 g/mol. The second kappa shape index (κ2) is 10.4. The van der Waals surface area contributed by atoms with Crippen LogP contribution in [0.15, 0.2) is 48.5 Å². The maximum absolute atomic E-state index is 11.9. The van der Waals surface area contributed by atoms with Gasteiger partial charge in [-0.2, -0.15) is 0 Å². The van der Waals surface area contributed by atoms with Crippen LogP contribution in [0.3, 0.4) is 0 Å². The number of amides is 1. The highest BCUT2D eigenvalue weighted by molar-refractivity contribution is 5.94. The van der Waals surface area contributed by atoms with Crippen molar-refractivity contribution in [3.8, 4) is 5.75 Å². The van der Waals surface area contributed by atoms with Gasteiger partial charge in [-0.05, 0) is 47.4 Å². The zero-order chi connectivity index (χ0) is 22.1. The molecule has 0 radical (unpaired) electrons. The van der Waals surface area contributed by atoms with Gasteiger partial charge in [-0.3, -0.25) is 9.59 Å². The normalized spacial score (nSPS) is 10.8. The van der Waals surface area contributed by atoms with Crippen LogP contribution in [-0.4, -0.2) is 38.2 Å². The molecule has 1 amide bonds. The van der Waals surface area contributed by atoms with E-state index >= 15 is 0 Å². The summed E-state index contributed by atoms with van der Waals surface area (Å²) in [6.45, 7) is 6.15. The van der Waals surface area contributed by atoms with Crippen molar-refractivity contribution < 1.29 is 28.6 Å². The van der Waals surface area contributed by atoms with Gasteiger partial charge < -0.3 is 19.5 Å². The smallest absolute Gasteiger partial charge is 0.337 e. The molecule has 1 N–H and O–H groups in total. The highest BCUT2D eigenvalue weighted by Crippen LogP contribution is 2.24. The summed E-state index contributed by atoms with van der Waals surface area (Å²) in [7, 11) is 1.29. The Balaban J connectivity index is 1.69. The number of esters is 2. The summed E-state index contributed by atoms with van der Waals surface area (Å²) >= 11 is 0. The van der Waals surface area contributed by atoms with Crippen molar-refractivity contribution in [3.63, 3.8) is 0 Å². The molecule has 0 aliphatic heterocycles. The molecule has 0 spiro atoms. The van der Waals surface area contributed by atoms with Gasteiger partial charge in [-0.1, -0.05) is 32.9 Å². The standard InChI is InChI=1S/C23H27NO6/c1-23(2,3)17-7-11-19(12-8-17)29-14-13-21(26)30-15-20(25)24-18-9-5-16(6-10-18)22(27)28-4/h5-12H,13-15H2,1-4H3,(H,24,25). The molecule has 7 nitrogen and oxygen atoms in total. The summed E-state index contributed by atoms with van der Waals surface area (Å²) in [6.07, 6.45) is 0.0299. The molecule has 0 aliphatic rings. The average Bonchev–Trinajstić information content (AvgIpc) is 2.72. The molecule has 7 heteroatoms. The molecule has 0 atom stereocenters. The predicted octanol–water partition coefficient (Wildman–Crippen LogP) is 3.72. The third-order valence-electron chi connectivity index (χ3n) is 4.25. The summed E-state index contributed by atoms with van der Waals surface area (Å²) in [6, 6.07) is 13.9. The molecule has 0 aromatic heterocycles. The third kappa shape index (κ3) is 7.24. The Morgan fingerprint density at radius 1 is 0.933 bits per heavy atom. The Bertz CT molecular complexity index is 866. The predicted molar refractivity (Wildman–Crippen MR) is 113 cm³/mol. The fraction of sp³-hybridized carbons (Fsp3) is 0.348. The van der Waals surface area contributed by atoms with Crippen LogP contribution >= 0.6 is 0 Å². The fourth-order valence-electron chi connectivity index (χ4n) is 2.53. The van der Waals surface area contributed by atoms with E-state index in [1.165, 1.54) is 24.8 Å². The summed E-state index contributed by atoms with van der Waals surface area (Å²) in [5, 5.41) is 2.58. The highest BCUT2D eigenvalue weighted by Gasteiger charge is 2.13. The zero-order valence-corrected chi connectivity index (χ0v) is 17.7. The molecule has 2 aromatic rings. The molecular weight excluding hydrogens is 386 g/mol. The zero-order valence-electron chi connectivity index (χ0n) is 17.7. The van der Waals surface area contributed by atoms with Crippen molar-refractivity contribution in [2.75, 3.05) is 25.6 Å². The molecule has 160 valence electrons. The maximum Gasteiger partial charge on any atom is 0.337 e. The van der Waals surface area contributed by atoms with Crippen molar-refractivity contribution >= 4 is 23.5 Å². The largest absolute Gasteiger partial charge is 0.493 e. The lowest BCUT2D eigenvalue weighted by Crippen LogP contribution is -2.21. The van der Waals surface area contributed by atoms with Crippen molar-refractivity contribution in [1.29, 1.82) is 0 Å². The van der Waals surface area contributed by atoms with Crippen LogP contribution in [0.2, 0.25) is 0 Å². The summed E-state index contributed by atoms with van der Waals surface area (Å²) in [4.78, 5) is 35.1. The summed E-state index contributed by atoms with van der Waals surface area (Å²) < 4.78 is 15.1. The first-order chi connectivity index (χ1) is 14.2. The first-order valence-electron chi connectivity index (χ1n) is 9.56. The summed E-state index contributed by atoms with van der Waals surface area (Å²) in [5.41, 5.74) is 2.10. The Hall–Kier alpha value is -3.35. The lowest BCUT2D eigenvalue weighted by atomic mass is 9.87. The van der Waals surface area contributed by atoms with E-state index < -0.39 is 24.5 Å². The van der Waals surface area contributed by atoms with Crippen LogP contribution in [-0.2, 0) is 24.5 Å². The van der Waals surface area contributed by atoms with Gasteiger partial charge in [0.2, 0.25) is 0 Å². The van der Waals surface area contributed by atoms with Crippen LogP contribution < -0.4 is 10.1 Å². The molecular formula is C23H27NO6. The van der Waals surface area contributed by atoms with Crippen molar-refractivity contribution in [2.45, 2.75) is 32.6 Å². The van der Waals surface area contributed by atoms with Gasteiger partial charge >= 0.3 is 11.9 Å². The minimum absolute atomic E-state index is 0.0299. The van der Waals surface area contributed by atoms with Crippen LogP contribution in [0.4, 0.5) is 5.69 Å². The van der Waals surface area contributed by atoms with Gasteiger partial charge in [-0.25, -0.2) is 4.79 Å². The number of nitrogens with one attached hydrogen (secondary N) is 1. The Morgan fingerprint density at radius 3 is 2.13 bits per heavy atom. The second-order valence-corrected chi connectivity index (χ2v) is 7.65. The van der Waals surface area contributed by atoms with Crippen molar-refractivity contribution in [2.24, 2.45) is 0 Å². The van der Waals surface area contributed by atoms with Gasteiger partial charge in [-0.15, -0.1) is 0 Å². The number of carbonyl (C=O) groups is 3. The van der Waals surface area contributed by atoms with Crippen LogP contribution in [0.25, 0.3) is 0 Å². The Morgan fingerprint density at radius 2 is 1.57 bits per heavy atom. The van der Waals surface area contributed by atoms with Gasteiger partial charge in [0.05, 0.1) is 25.7 Å². The van der Waals surface area contributed by atoms with Gasteiger partial charge in [0, 0.05) is 5.69 Å². The SMILES string of the molecule is COC(=O)c1ccc(NC(=O)COC(=O)CCOc2ccc(C(C)(C)C)cc2)cc1. The molecule has 30 heavy (non-hydrogen) atoms. The molecule has 0 saturated carbocycles. The lowest BCUT2D eigenvalue weighted by molar-refractivity contribution is -0.147. The van der Waals surface area contributed by atoms with Crippen LogP contribution in [0, 0.1) is 0 Å². The number of hydrogen-bond acceptors (Lipinski definition) is 6.